The van der Waals surface area contributed by atoms with Crippen LogP contribution in [-0.2, 0) is 12.2 Å². The minimum Gasteiger partial charge on any atom is -0.383 e. The molecule has 0 amide bonds. The number of benzene rings is 1. The van der Waals surface area contributed by atoms with Gasteiger partial charge in [-0.15, -0.1) is 23.1 Å². The van der Waals surface area contributed by atoms with Crippen molar-refractivity contribution in [2.24, 2.45) is 0 Å². The number of rotatable bonds is 4. The number of aromatic nitrogens is 2. The number of hydrogen-bond acceptors (Lipinski definition) is 5. The number of nitrogens with two attached hydrogens (primary N) is 1. The zero-order valence-electron chi connectivity index (χ0n) is 11.5. The highest BCUT2D eigenvalue weighted by atomic mass is 32.2. The summed E-state index contributed by atoms with van der Waals surface area (Å²) >= 11 is 3.02. The Morgan fingerprint density at radius 2 is 2.10 bits per heavy atom. The van der Waals surface area contributed by atoms with Crippen molar-refractivity contribution in [3.8, 4) is 0 Å². The van der Waals surface area contributed by atoms with Gasteiger partial charge >= 0.3 is 0 Å². The monoisotopic (exact) mass is 319 g/mol. The van der Waals surface area contributed by atoms with Crippen molar-refractivity contribution in [1.82, 2.24) is 9.97 Å². The second-order valence-corrected chi connectivity index (χ2v) is 6.66. The molecule has 6 heteroatoms. The number of halogens is 1. The number of hydrogen-bond donors (Lipinski definition) is 1. The standard InChI is InChI=1S/C15H14FN3S2/c1-2-9-7-10-14(17)18-13(19-15(10)21-9)8-20-12-6-4-3-5-11(12)16/h3-7H,2,8H2,1H3,(H2,17,18,19). The molecule has 0 aliphatic heterocycles. The van der Waals surface area contributed by atoms with Gasteiger partial charge < -0.3 is 5.73 Å². The van der Waals surface area contributed by atoms with Crippen LogP contribution in [0.25, 0.3) is 10.2 Å². The number of anilines is 1. The Morgan fingerprint density at radius 3 is 2.86 bits per heavy atom. The third kappa shape index (κ3) is 3.01. The molecular weight excluding hydrogens is 305 g/mol. The van der Waals surface area contributed by atoms with Gasteiger partial charge in [0, 0.05) is 9.77 Å². The smallest absolute Gasteiger partial charge is 0.142 e. The first-order valence-electron chi connectivity index (χ1n) is 6.59. The van der Waals surface area contributed by atoms with E-state index in [0.29, 0.717) is 22.3 Å². The third-order valence-corrected chi connectivity index (χ3v) is 5.28. The van der Waals surface area contributed by atoms with Crippen LogP contribution < -0.4 is 5.73 Å². The summed E-state index contributed by atoms with van der Waals surface area (Å²) in [6.45, 7) is 2.10. The average molecular weight is 319 g/mol. The van der Waals surface area contributed by atoms with Crippen LogP contribution >= 0.6 is 23.1 Å². The molecule has 2 heterocycles. The number of aryl methyl sites for hydroxylation is 1. The minimum absolute atomic E-state index is 0.221. The molecule has 2 N–H and O–H groups in total. The van der Waals surface area contributed by atoms with Crippen LogP contribution in [0.4, 0.5) is 10.2 Å². The van der Waals surface area contributed by atoms with E-state index < -0.39 is 0 Å². The van der Waals surface area contributed by atoms with E-state index >= 15 is 0 Å². The SMILES string of the molecule is CCc1cc2c(N)nc(CSc3ccccc3F)nc2s1. The molecular formula is C15H14FN3S2. The lowest BCUT2D eigenvalue weighted by atomic mass is 10.3. The van der Waals surface area contributed by atoms with Gasteiger partial charge in [0.2, 0.25) is 0 Å². The molecule has 1 aromatic carbocycles. The van der Waals surface area contributed by atoms with E-state index in [-0.39, 0.29) is 5.82 Å². The van der Waals surface area contributed by atoms with E-state index in [1.807, 2.05) is 12.1 Å². The van der Waals surface area contributed by atoms with Gasteiger partial charge in [0.05, 0.1) is 11.1 Å². The number of fused-ring (bicyclic) bond motifs is 1. The molecule has 0 fully saturated rings. The van der Waals surface area contributed by atoms with Crippen LogP contribution in [0, 0.1) is 5.82 Å². The zero-order valence-corrected chi connectivity index (χ0v) is 13.1. The summed E-state index contributed by atoms with van der Waals surface area (Å²) in [4.78, 5) is 11.6. The fraction of sp³-hybridized carbons (Fsp3) is 0.200. The third-order valence-electron chi connectivity index (χ3n) is 3.06. The average Bonchev–Trinajstić information content (AvgIpc) is 2.90. The summed E-state index contributed by atoms with van der Waals surface area (Å²) in [5.74, 6) is 1.42. The highest BCUT2D eigenvalue weighted by Crippen LogP contribution is 2.30. The van der Waals surface area contributed by atoms with Crippen molar-refractivity contribution in [2.45, 2.75) is 24.0 Å². The van der Waals surface area contributed by atoms with Gasteiger partial charge in [-0.2, -0.15) is 0 Å². The Bertz CT molecular complexity index is 786. The molecule has 0 atom stereocenters. The Hall–Kier alpha value is -1.66. The second-order valence-electron chi connectivity index (χ2n) is 4.53. The molecule has 0 saturated heterocycles. The topological polar surface area (TPSA) is 51.8 Å². The van der Waals surface area contributed by atoms with Crippen molar-refractivity contribution in [2.75, 3.05) is 5.73 Å². The predicted molar refractivity (Wildman–Crippen MR) is 87.2 cm³/mol. The van der Waals surface area contributed by atoms with Gasteiger partial charge in [0.1, 0.15) is 22.3 Å². The van der Waals surface area contributed by atoms with Crippen molar-refractivity contribution < 1.29 is 4.39 Å². The van der Waals surface area contributed by atoms with Crippen molar-refractivity contribution in [3.05, 3.63) is 46.9 Å². The Balaban J connectivity index is 1.86. The van der Waals surface area contributed by atoms with Crippen LogP contribution in [0.5, 0.6) is 0 Å². The van der Waals surface area contributed by atoms with Crippen molar-refractivity contribution in [1.29, 1.82) is 0 Å². The van der Waals surface area contributed by atoms with Crippen LogP contribution in [0.15, 0.2) is 35.2 Å². The minimum atomic E-state index is -0.221. The maximum atomic E-state index is 13.6. The summed E-state index contributed by atoms with van der Waals surface area (Å²) in [6.07, 6.45) is 0.958. The normalized spacial score (nSPS) is 11.1. The first-order chi connectivity index (χ1) is 10.2. The van der Waals surface area contributed by atoms with Gasteiger partial charge in [-0.25, -0.2) is 14.4 Å². The van der Waals surface area contributed by atoms with Gasteiger partial charge in [0.25, 0.3) is 0 Å². The quantitative estimate of drug-likeness (QED) is 0.730. The lowest BCUT2D eigenvalue weighted by molar-refractivity contribution is 0.602. The van der Waals surface area contributed by atoms with Crippen LogP contribution in [0.3, 0.4) is 0 Å². The van der Waals surface area contributed by atoms with Crippen molar-refractivity contribution >= 4 is 39.1 Å². The lowest BCUT2D eigenvalue weighted by Crippen LogP contribution is -1.98. The number of thioether (sulfide) groups is 1. The molecule has 2 aromatic heterocycles. The van der Waals surface area contributed by atoms with Gasteiger partial charge in [-0.05, 0) is 24.6 Å². The summed E-state index contributed by atoms with van der Waals surface area (Å²) in [7, 11) is 0. The van der Waals surface area contributed by atoms with Crippen LogP contribution in [0.2, 0.25) is 0 Å². The molecule has 108 valence electrons. The lowest BCUT2D eigenvalue weighted by Gasteiger charge is -2.03. The first kappa shape index (κ1) is 14.3. The molecule has 0 aliphatic carbocycles. The maximum absolute atomic E-state index is 13.6. The molecule has 3 rings (SSSR count). The van der Waals surface area contributed by atoms with E-state index in [2.05, 4.69) is 16.9 Å². The summed E-state index contributed by atoms with van der Waals surface area (Å²) in [5, 5.41) is 0.913. The Kier molecular flexibility index (Phi) is 4.07. The molecule has 0 bridgehead atoms. The molecule has 21 heavy (non-hydrogen) atoms. The predicted octanol–water partition coefficient (Wildman–Crippen LogP) is 4.27. The van der Waals surface area contributed by atoms with Gasteiger partial charge in [-0.1, -0.05) is 19.1 Å². The van der Waals surface area contributed by atoms with Crippen LogP contribution in [0.1, 0.15) is 17.6 Å². The molecule has 3 aromatic rings. The summed E-state index contributed by atoms with van der Waals surface area (Å²) < 4.78 is 13.6. The number of nitrogen functional groups attached to an aromatic ring is 1. The number of thiophene rings is 1. The van der Waals surface area contributed by atoms with E-state index in [1.54, 1.807) is 23.5 Å². The largest absolute Gasteiger partial charge is 0.383 e. The van der Waals surface area contributed by atoms with E-state index in [4.69, 9.17) is 5.73 Å². The highest BCUT2D eigenvalue weighted by Gasteiger charge is 2.10. The van der Waals surface area contributed by atoms with E-state index in [1.165, 1.54) is 22.7 Å². The molecule has 3 nitrogen and oxygen atoms in total. The molecule has 0 unspecified atom stereocenters. The highest BCUT2D eigenvalue weighted by molar-refractivity contribution is 7.98. The fourth-order valence-electron chi connectivity index (χ4n) is 1.98. The zero-order chi connectivity index (χ0) is 14.8. The second kappa shape index (κ2) is 5.99. The Labute approximate surface area is 130 Å². The van der Waals surface area contributed by atoms with Gasteiger partial charge in [-0.3, -0.25) is 0 Å². The maximum Gasteiger partial charge on any atom is 0.142 e. The van der Waals surface area contributed by atoms with Gasteiger partial charge in [0.15, 0.2) is 0 Å². The molecule has 0 spiro atoms. The summed E-state index contributed by atoms with van der Waals surface area (Å²) in [6, 6.07) is 8.74. The van der Waals surface area contributed by atoms with E-state index in [9.17, 15) is 4.39 Å². The van der Waals surface area contributed by atoms with E-state index in [0.717, 1.165) is 16.6 Å². The molecule has 0 saturated carbocycles. The first-order valence-corrected chi connectivity index (χ1v) is 8.39. The van der Waals surface area contributed by atoms with Crippen molar-refractivity contribution in [3.63, 3.8) is 0 Å². The number of nitrogens with zero attached hydrogens (tertiary/aromatic N) is 2. The summed E-state index contributed by atoms with van der Waals surface area (Å²) in [5.41, 5.74) is 6.00. The molecule has 0 radical (unpaired) electrons. The van der Waals surface area contributed by atoms with Crippen LogP contribution in [-0.4, -0.2) is 9.97 Å². The molecule has 0 aliphatic rings. The fourth-order valence-corrected chi connectivity index (χ4v) is 3.77. The Morgan fingerprint density at radius 1 is 1.29 bits per heavy atom.